The monoisotopic (exact) mass is 180 g/mol. The normalized spacial score (nSPS) is 13.0. The molecule has 2 nitrogen and oxygen atoms in total. The molecular formula is C11H16O2. The fourth-order valence-electron chi connectivity index (χ4n) is 1.19. The molecule has 0 saturated carbocycles. The molecule has 0 fully saturated rings. The molecule has 2 heteroatoms. The maximum absolute atomic E-state index is 9.72. The second-order valence-corrected chi connectivity index (χ2v) is 3.46. The summed E-state index contributed by atoms with van der Waals surface area (Å²) in [6.45, 7) is 3.99. The standard InChI is InChI=1S/C11H16O2/c1-8(2)11(12)9-4-6-10(13-3)7-5-9/h4-8,11-12H,1-3H3/t11-/m1/s1. The molecule has 0 aliphatic carbocycles. The predicted molar refractivity (Wildman–Crippen MR) is 52.8 cm³/mol. The zero-order valence-electron chi connectivity index (χ0n) is 8.32. The highest BCUT2D eigenvalue weighted by atomic mass is 16.5. The van der Waals surface area contributed by atoms with Gasteiger partial charge in [-0.3, -0.25) is 0 Å². The van der Waals surface area contributed by atoms with Crippen LogP contribution in [0.25, 0.3) is 0 Å². The highest BCUT2D eigenvalue weighted by molar-refractivity contribution is 5.28. The second-order valence-electron chi connectivity index (χ2n) is 3.46. The van der Waals surface area contributed by atoms with Crippen molar-refractivity contribution in [1.82, 2.24) is 0 Å². The first kappa shape index (κ1) is 10.1. The number of benzene rings is 1. The Labute approximate surface area is 79.2 Å². The van der Waals surface area contributed by atoms with Crippen molar-refractivity contribution in [2.24, 2.45) is 5.92 Å². The lowest BCUT2D eigenvalue weighted by Crippen LogP contribution is -2.04. The quantitative estimate of drug-likeness (QED) is 0.773. The van der Waals surface area contributed by atoms with E-state index in [0.717, 1.165) is 11.3 Å². The Hall–Kier alpha value is -1.02. The summed E-state index contributed by atoms with van der Waals surface area (Å²) in [5, 5.41) is 9.72. The average Bonchev–Trinajstić information content (AvgIpc) is 2.17. The molecule has 0 radical (unpaired) electrons. The zero-order chi connectivity index (χ0) is 9.84. The first-order valence-electron chi connectivity index (χ1n) is 4.47. The summed E-state index contributed by atoms with van der Waals surface area (Å²) in [7, 11) is 1.63. The first-order valence-corrected chi connectivity index (χ1v) is 4.47. The molecule has 0 heterocycles. The van der Waals surface area contributed by atoms with Crippen molar-refractivity contribution in [2.45, 2.75) is 20.0 Å². The highest BCUT2D eigenvalue weighted by Gasteiger charge is 2.11. The third-order valence-corrected chi connectivity index (χ3v) is 2.09. The number of hydrogen-bond acceptors (Lipinski definition) is 2. The Kier molecular flexibility index (Phi) is 3.32. The van der Waals surface area contributed by atoms with Crippen molar-refractivity contribution in [3.05, 3.63) is 29.8 Å². The van der Waals surface area contributed by atoms with E-state index in [1.54, 1.807) is 7.11 Å². The molecule has 0 amide bonds. The van der Waals surface area contributed by atoms with Crippen molar-refractivity contribution < 1.29 is 9.84 Å². The molecule has 13 heavy (non-hydrogen) atoms. The van der Waals surface area contributed by atoms with E-state index in [0.29, 0.717) is 0 Å². The molecule has 0 aliphatic heterocycles. The van der Waals surface area contributed by atoms with Crippen LogP contribution in [0.5, 0.6) is 5.75 Å². The van der Waals surface area contributed by atoms with Gasteiger partial charge in [-0.1, -0.05) is 26.0 Å². The van der Waals surface area contributed by atoms with Crippen LogP contribution < -0.4 is 4.74 Å². The van der Waals surface area contributed by atoms with Gasteiger partial charge in [-0.2, -0.15) is 0 Å². The van der Waals surface area contributed by atoms with E-state index in [2.05, 4.69) is 0 Å². The van der Waals surface area contributed by atoms with Gasteiger partial charge in [0.2, 0.25) is 0 Å². The van der Waals surface area contributed by atoms with E-state index in [9.17, 15) is 5.11 Å². The summed E-state index contributed by atoms with van der Waals surface area (Å²) in [6.07, 6.45) is -0.383. The predicted octanol–water partition coefficient (Wildman–Crippen LogP) is 2.38. The van der Waals surface area contributed by atoms with E-state index in [1.165, 1.54) is 0 Å². The molecule has 1 aromatic carbocycles. The zero-order valence-corrected chi connectivity index (χ0v) is 8.32. The largest absolute Gasteiger partial charge is 0.497 e. The third-order valence-electron chi connectivity index (χ3n) is 2.09. The lowest BCUT2D eigenvalue weighted by molar-refractivity contribution is 0.127. The minimum absolute atomic E-state index is 0.244. The van der Waals surface area contributed by atoms with Crippen molar-refractivity contribution in [3.63, 3.8) is 0 Å². The molecule has 0 bridgehead atoms. The van der Waals surface area contributed by atoms with Crippen LogP contribution >= 0.6 is 0 Å². The minimum Gasteiger partial charge on any atom is -0.497 e. The fourth-order valence-corrected chi connectivity index (χ4v) is 1.19. The SMILES string of the molecule is COc1ccc([C@H](O)C(C)C)cc1. The van der Waals surface area contributed by atoms with Crippen molar-refractivity contribution in [2.75, 3.05) is 7.11 Å². The van der Waals surface area contributed by atoms with Crippen molar-refractivity contribution in [1.29, 1.82) is 0 Å². The van der Waals surface area contributed by atoms with Gasteiger partial charge in [0.15, 0.2) is 0 Å². The molecule has 1 aromatic rings. The van der Waals surface area contributed by atoms with E-state index in [-0.39, 0.29) is 12.0 Å². The van der Waals surface area contributed by atoms with Gasteiger partial charge in [0.25, 0.3) is 0 Å². The summed E-state index contributed by atoms with van der Waals surface area (Å²) >= 11 is 0. The molecule has 1 atom stereocenters. The van der Waals surface area contributed by atoms with Crippen LogP contribution in [-0.4, -0.2) is 12.2 Å². The van der Waals surface area contributed by atoms with Gasteiger partial charge < -0.3 is 9.84 Å². The van der Waals surface area contributed by atoms with Gasteiger partial charge in [-0.25, -0.2) is 0 Å². The number of aliphatic hydroxyl groups excluding tert-OH is 1. The molecule has 0 aromatic heterocycles. The minimum atomic E-state index is -0.383. The molecular weight excluding hydrogens is 164 g/mol. The topological polar surface area (TPSA) is 29.5 Å². The third kappa shape index (κ3) is 2.46. The van der Waals surface area contributed by atoms with E-state index >= 15 is 0 Å². The number of methoxy groups -OCH3 is 1. The van der Waals surface area contributed by atoms with Crippen LogP contribution in [0, 0.1) is 5.92 Å². The smallest absolute Gasteiger partial charge is 0.118 e. The number of ether oxygens (including phenoxy) is 1. The van der Waals surface area contributed by atoms with Crippen LogP contribution in [0.3, 0.4) is 0 Å². The summed E-state index contributed by atoms with van der Waals surface area (Å²) in [4.78, 5) is 0. The molecule has 0 unspecified atom stereocenters. The summed E-state index contributed by atoms with van der Waals surface area (Å²) in [5.41, 5.74) is 0.941. The van der Waals surface area contributed by atoms with Gasteiger partial charge in [0, 0.05) is 0 Å². The van der Waals surface area contributed by atoms with Crippen molar-refractivity contribution in [3.8, 4) is 5.75 Å². The summed E-state index contributed by atoms with van der Waals surface area (Å²) in [6, 6.07) is 7.51. The molecule has 72 valence electrons. The van der Waals surface area contributed by atoms with E-state index in [1.807, 2.05) is 38.1 Å². The Morgan fingerprint density at radius 3 is 2.08 bits per heavy atom. The summed E-state index contributed by atoms with van der Waals surface area (Å²) < 4.78 is 5.03. The van der Waals surface area contributed by atoms with Crippen molar-refractivity contribution >= 4 is 0 Å². The maximum atomic E-state index is 9.72. The number of aliphatic hydroxyl groups is 1. The molecule has 1 rings (SSSR count). The maximum Gasteiger partial charge on any atom is 0.118 e. The van der Waals surface area contributed by atoms with Crippen LogP contribution in [0.2, 0.25) is 0 Å². The number of hydrogen-bond donors (Lipinski definition) is 1. The Morgan fingerprint density at radius 1 is 1.15 bits per heavy atom. The fraction of sp³-hybridized carbons (Fsp3) is 0.455. The Bertz CT molecular complexity index is 251. The Balaban J connectivity index is 2.79. The lowest BCUT2D eigenvalue weighted by atomic mass is 9.99. The van der Waals surface area contributed by atoms with Crippen LogP contribution in [-0.2, 0) is 0 Å². The van der Waals surface area contributed by atoms with E-state index < -0.39 is 0 Å². The van der Waals surface area contributed by atoms with Gasteiger partial charge in [-0.15, -0.1) is 0 Å². The van der Waals surface area contributed by atoms with Crippen LogP contribution in [0.4, 0.5) is 0 Å². The second kappa shape index (κ2) is 4.28. The van der Waals surface area contributed by atoms with Gasteiger partial charge in [0.1, 0.15) is 5.75 Å². The van der Waals surface area contributed by atoms with Gasteiger partial charge in [-0.05, 0) is 23.6 Å². The average molecular weight is 180 g/mol. The lowest BCUT2D eigenvalue weighted by Gasteiger charge is -2.14. The van der Waals surface area contributed by atoms with Gasteiger partial charge in [0.05, 0.1) is 13.2 Å². The molecule has 0 aliphatic rings. The molecule has 1 N–H and O–H groups in total. The highest BCUT2D eigenvalue weighted by Crippen LogP contribution is 2.22. The van der Waals surface area contributed by atoms with Crippen LogP contribution in [0.1, 0.15) is 25.5 Å². The van der Waals surface area contributed by atoms with E-state index in [4.69, 9.17) is 4.74 Å². The molecule has 0 saturated heterocycles. The molecule has 0 spiro atoms. The van der Waals surface area contributed by atoms with Crippen LogP contribution in [0.15, 0.2) is 24.3 Å². The first-order chi connectivity index (χ1) is 6.15. The Morgan fingerprint density at radius 2 is 1.69 bits per heavy atom. The summed E-state index contributed by atoms with van der Waals surface area (Å²) in [5.74, 6) is 1.06. The number of rotatable bonds is 3. The van der Waals surface area contributed by atoms with Gasteiger partial charge >= 0.3 is 0 Å².